The van der Waals surface area contributed by atoms with Crippen molar-refractivity contribution < 1.29 is 22.5 Å². The monoisotopic (exact) mass is 566 g/mol. The number of carbonyl (C=O) groups excluding carboxylic acids is 1. The summed E-state index contributed by atoms with van der Waals surface area (Å²) in [7, 11) is -4.08. The fraction of sp³-hybridized carbons (Fsp3) is 0.318. The highest BCUT2D eigenvalue weighted by atomic mass is 79.9. The lowest BCUT2D eigenvalue weighted by Gasteiger charge is -2.15. The molecule has 0 amide bonds. The highest BCUT2D eigenvalue weighted by Crippen LogP contribution is 2.30. The smallest absolute Gasteiger partial charge is 0.333 e. The van der Waals surface area contributed by atoms with Crippen LogP contribution in [0.3, 0.4) is 0 Å². The molecule has 3 aromatic rings. The number of nitrogens with zero attached hydrogens (tertiary/aromatic N) is 2. The fourth-order valence-electron chi connectivity index (χ4n) is 3.98. The molecule has 0 unspecified atom stereocenters. The average molecular weight is 567 g/mol. The topological polar surface area (TPSA) is 144 Å². The van der Waals surface area contributed by atoms with Crippen molar-refractivity contribution in [2.45, 2.75) is 31.4 Å². The predicted octanol–water partition coefficient (Wildman–Crippen LogP) is 2.89. The van der Waals surface area contributed by atoms with Gasteiger partial charge < -0.3 is 10.4 Å². The molecule has 34 heavy (non-hydrogen) atoms. The first kappa shape index (κ1) is 24.9. The molecule has 0 spiro atoms. The SMILES string of the molecule is NS(=O)(=O)OC[C@H]1C[C@@H](Nc2ncncc2C(=O)c2csc(Cc3cccc(Br)c3)c2)C[C@@H]1O. The predicted molar refractivity (Wildman–Crippen MR) is 132 cm³/mol. The van der Waals surface area contributed by atoms with E-state index in [0.29, 0.717) is 29.8 Å². The minimum Gasteiger partial charge on any atom is -0.393 e. The van der Waals surface area contributed by atoms with Crippen LogP contribution < -0.4 is 10.5 Å². The molecule has 2 heterocycles. The molecular weight excluding hydrogens is 544 g/mol. The number of nitrogens with one attached hydrogen (secondary N) is 1. The summed E-state index contributed by atoms with van der Waals surface area (Å²) in [6, 6.07) is 9.69. The van der Waals surface area contributed by atoms with Gasteiger partial charge in [0.05, 0.1) is 18.3 Å². The van der Waals surface area contributed by atoms with Crippen molar-refractivity contribution in [3.63, 3.8) is 0 Å². The first-order valence-corrected chi connectivity index (χ1v) is 13.6. The zero-order valence-electron chi connectivity index (χ0n) is 17.9. The summed E-state index contributed by atoms with van der Waals surface area (Å²) in [5, 5.41) is 20.2. The van der Waals surface area contributed by atoms with Crippen LogP contribution in [-0.4, -0.2) is 48.0 Å². The summed E-state index contributed by atoms with van der Waals surface area (Å²) >= 11 is 4.99. The van der Waals surface area contributed by atoms with Gasteiger partial charge in [-0.25, -0.2) is 15.1 Å². The molecule has 0 radical (unpaired) electrons. The van der Waals surface area contributed by atoms with Crippen LogP contribution in [0.2, 0.25) is 0 Å². The van der Waals surface area contributed by atoms with E-state index >= 15 is 0 Å². The van der Waals surface area contributed by atoms with E-state index in [9.17, 15) is 18.3 Å². The number of nitrogens with two attached hydrogens (primary N) is 1. The van der Waals surface area contributed by atoms with Gasteiger partial charge >= 0.3 is 10.3 Å². The standard InChI is InChI=1S/C22H23BrN4O5S2/c23-16-3-1-2-13(4-16)5-18-7-15(11-33-18)21(29)19-9-25-12-26-22(19)27-17-6-14(20(28)8-17)10-32-34(24,30)31/h1-4,7,9,11-12,14,17,20,28H,5-6,8,10H2,(H2,24,30,31)(H,25,26,27)/t14-,17-,20+/m1/s1. The molecular formula is C22H23BrN4O5S2. The number of anilines is 1. The maximum Gasteiger partial charge on any atom is 0.333 e. The molecule has 1 aliphatic carbocycles. The number of aliphatic hydroxyl groups excluding tert-OH is 1. The van der Waals surface area contributed by atoms with Gasteiger partial charge in [0.25, 0.3) is 0 Å². The van der Waals surface area contributed by atoms with E-state index in [0.717, 1.165) is 21.3 Å². The Balaban J connectivity index is 1.44. The van der Waals surface area contributed by atoms with Crippen LogP contribution in [-0.2, 0) is 20.9 Å². The van der Waals surface area contributed by atoms with Crippen LogP contribution >= 0.6 is 27.3 Å². The molecule has 180 valence electrons. The van der Waals surface area contributed by atoms with Crippen molar-refractivity contribution in [3.8, 4) is 0 Å². The van der Waals surface area contributed by atoms with Crippen molar-refractivity contribution in [2.24, 2.45) is 11.1 Å². The number of thiophene rings is 1. The molecule has 2 aromatic heterocycles. The lowest BCUT2D eigenvalue weighted by molar-refractivity contribution is 0.101. The molecule has 0 saturated heterocycles. The summed E-state index contributed by atoms with van der Waals surface area (Å²) in [6.45, 7) is -0.205. The molecule has 12 heteroatoms. The zero-order valence-corrected chi connectivity index (χ0v) is 21.1. The summed E-state index contributed by atoms with van der Waals surface area (Å²) < 4.78 is 27.7. The maximum atomic E-state index is 13.2. The van der Waals surface area contributed by atoms with Crippen LogP contribution in [0.25, 0.3) is 0 Å². The van der Waals surface area contributed by atoms with Gasteiger partial charge in [-0.3, -0.25) is 8.98 Å². The van der Waals surface area contributed by atoms with Crippen LogP contribution in [0.4, 0.5) is 5.82 Å². The van der Waals surface area contributed by atoms with Crippen LogP contribution in [0, 0.1) is 5.92 Å². The summed E-state index contributed by atoms with van der Waals surface area (Å²) in [5.74, 6) is -0.244. The van der Waals surface area contributed by atoms with Gasteiger partial charge in [0.1, 0.15) is 12.1 Å². The third kappa shape index (κ3) is 6.46. The van der Waals surface area contributed by atoms with Crippen molar-refractivity contribution in [1.82, 2.24) is 9.97 Å². The van der Waals surface area contributed by atoms with Crippen molar-refractivity contribution in [2.75, 3.05) is 11.9 Å². The van der Waals surface area contributed by atoms with Gasteiger partial charge in [0.15, 0.2) is 5.78 Å². The van der Waals surface area contributed by atoms with Crippen molar-refractivity contribution >= 4 is 49.2 Å². The Morgan fingerprint density at radius 1 is 1.32 bits per heavy atom. The Morgan fingerprint density at radius 3 is 2.91 bits per heavy atom. The maximum absolute atomic E-state index is 13.2. The first-order valence-electron chi connectivity index (χ1n) is 10.5. The largest absolute Gasteiger partial charge is 0.393 e. The number of aromatic nitrogens is 2. The van der Waals surface area contributed by atoms with E-state index in [4.69, 9.17) is 5.14 Å². The number of rotatable bonds is 9. The van der Waals surface area contributed by atoms with Gasteiger partial charge in [-0.05, 0) is 36.6 Å². The molecule has 4 rings (SSSR count). The van der Waals surface area contributed by atoms with Crippen molar-refractivity contribution in [1.29, 1.82) is 0 Å². The summed E-state index contributed by atoms with van der Waals surface area (Å²) in [4.78, 5) is 22.5. The molecule has 9 nitrogen and oxygen atoms in total. The average Bonchev–Trinajstić information content (AvgIpc) is 3.38. The number of halogens is 1. The third-order valence-electron chi connectivity index (χ3n) is 5.58. The van der Waals surface area contributed by atoms with E-state index in [1.807, 2.05) is 35.7 Å². The van der Waals surface area contributed by atoms with E-state index < -0.39 is 22.3 Å². The summed E-state index contributed by atoms with van der Waals surface area (Å²) in [5.41, 5.74) is 2.02. The molecule has 1 aromatic carbocycles. The van der Waals surface area contributed by atoms with E-state index in [2.05, 4.69) is 35.4 Å². The van der Waals surface area contributed by atoms with Gasteiger partial charge in [-0.2, -0.15) is 8.42 Å². The molecule has 1 fully saturated rings. The highest BCUT2D eigenvalue weighted by molar-refractivity contribution is 9.10. The van der Waals surface area contributed by atoms with E-state index in [1.165, 1.54) is 23.9 Å². The number of ketones is 1. The van der Waals surface area contributed by atoms with E-state index in [-0.39, 0.29) is 18.4 Å². The van der Waals surface area contributed by atoms with Gasteiger partial charge in [-0.15, -0.1) is 11.3 Å². The quantitative estimate of drug-likeness (QED) is 0.335. The lowest BCUT2D eigenvalue weighted by atomic mass is 10.1. The Kier molecular flexibility index (Phi) is 7.75. The van der Waals surface area contributed by atoms with Crippen LogP contribution in [0.15, 0.2) is 52.7 Å². The molecule has 1 aliphatic rings. The minimum atomic E-state index is -4.08. The highest BCUT2D eigenvalue weighted by Gasteiger charge is 2.34. The second-order valence-electron chi connectivity index (χ2n) is 8.14. The van der Waals surface area contributed by atoms with E-state index in [1.54, 1.807) is 0 Å². The normalized spacial score (nSPS) is 20.4. The number of benzene rings is 1. The molecule has 4 N–H and O–H groups in total. The van der Waals surface area contributed by atoms with Crippen LogP contribution in [0.5, 0.6) is 0 Å². The molecule has 0 bridgehead atoms. The Hall–Kier alpha value is -2.22. The summed E-state index contributed by atoms with van der Waals surface area (Å²) in [6.07, 6.45) is 3.55. The number of hydrogen-bond acceptors (Lipinski definition) is 9. The molecule has 1 saturated carbocycles. The Morgan fingerprint density at radius 2 is 2.15 bits per heavy atom. The number of hydrogen-bond donors (Lipinski definition) is 3. The fourth-order valence-corrected chi connectivity index (χ4v) is 5.69. The second-order valence-corrected chi connectivity index (χ2v) is 11.3. The number of carbonyl (C=O) groups is 1. The minimum absolute atomic E-state index is 0.201. The van der Waals surface area contributed by atoms with Crippen LogP contribution in [0.1, 0.15) is 39.2 Å². The third-order valence-corrected chi connectivity index (χ3v) is 7.48. The van der Waals surface area contributed by atoms with Crippen molar-refractivity contribution in [3.05, 3.63) is 74.3 Å². The Bertz CT molecular complexity index is 1280. The number of aliphatic hydroxyl groups is 1. The lowest BCUT2D eigenvalue weighted by Crippen LogP contribution is -2.24. The Labute approximate surface area is 209 Å². The van der Waals surface area contributed by atoms with Gasteiger partial charge in [0, 0.05) is 44.9 Å². The van der Waals surface area contributed by atoms with Gasteiger partial charge in [-0.1, -0.05) is 28.1 Å². The zero-order chi connectivity index (χ0) is 24.3. The molecule has 3 atom stereocenters. The molecule has 0 aliphatic heterocycles. The first-order chi connectivity index (χ1) is 16.2. The second kappa shape index (κ2) is 10.6. The van der Waals surface area contributed by atoms with Gasteiger partial charge in [0.2, 0.25) is 0 Å².